The molecule has 1 aromatic heterocycles. The van der Waals surface area contributed by atoms with Crippen LogP contribution in [0.15, 0.2) is 170 Å². The van der Waals surface area contributed by atoms with Crippen molar-refractivity contribution in [3.63, 3.8) is 0 Å². The first-order chi connectivity index (χ1) is 27.1. The van der Waals surface area contributed by atoms with Gasteiger partial charge in [-0.25, -0.2) is 0 Å². The monoisotopic (exact) mass is 724 g/mol. The molecule has 6 aromatic carbocycles. The Morgan fingerprint density at radius 1 is 0.600 bits per heavy atom. The van der Waals surface area contributed by atoms with Gasteiger partial charge in [0.2, 0.25) is 5.82 Å². The van der Waals surface area contributed by atoms with Crippen LogP contribution >= 0.6 is 0 Å². The lowest BCUT2D eigenvalue weighted by Crippen LogP contribution is -2.39. The van der Waals surface area contributed by atoms with Gasteiger partial charge in [0.05, 0.1) is 19.1 Å². The average molecular weight is 725 g/mol. The predicted molar refractivity (Wildman–Crippen MR) is 216 cm³/mol. The highest BCUT2D eigenvalue weighted by Gasteiger charge is 2.41. The van der Waals surface area contributed by atoms with Crippen molar-refractivity contribution in [2.24, 2.45) is 5.92 Å². The SMILES string of the molecule is CCCC(=O)C(Cc1ccc(-c2ccccc2-c2nnn(C(c3ccccc3)(c3ccccc3)c3ccccc3)n2)cc1)C(=O)CCOCc1ccccc1. The van der Waals surface area contributed by atoms with E-state index in [0.717, 1.165) is 44.5 Å². The van der Waals surface area contributed by atoms with E-state index >= 15 is 0 Å². The maximum Gasteiger partial charge on any atom is 0.205 e. The fourth-order valence-electron chi connectivity index (χ4n) is 7.27. The van der Waals surface area contributed by atoms with Gasteiger partial charge in [-0.05, 0) is 57.0 Å². The molecule has 0 aliphatic carbocycles. The highest BCUT2D eigenvalue weighted by Crippen LogP contribution is 2.40. The molecule has 0 bridgehead atoms. The normalized spacial score (nSPS) is 11.9. The van der Waals surface area contributed by atoms with Crippen molar-refractivity contribution < 1.29 is 14.3 Å². The molecule has 274 valence electrons. The molecule has 0 amide bonds. The van der Waals surface area contributed by atoms with Crippen molar-refractivity contribution in [3.05, 3.63) is 198 Å². The molecule has 1 atom stereocenters. The van der Waals surface area contributed by atoms with E-state index in [9.17, 15) is 9.59 Å². The lowest BCUT2D eigenvalue weighted by atomic mass is 9.77. The molecule has 0 saturated carbocycles. The summed E-state index contributed by atoms with van der Waals surface area (Å²) in [4.78, 5) is 28.3. The molecule has 0 spiro atoms. The van der Waals surface area contributed by atoms with Crippen LogP contribution < -0.4 is 0 Å². The number of ketones is 2. The Balaban J connectivity index is 1.16. The minimum atomic E-state index is -0.886. The molecular formula is C48H44N4O3. The molecular weight excluding hydrogens is 681 g/mol. The number of ether oxygens (including phenoxy) is 1. The van der Waals surface area contributed by atoms with Gasteiger partial charge in [-0.3, -0.25) is 9.59 Å². The van der Waals surface area contributed by atoms with Gasteiger partial charge < -0.3 is 4.74 Å². The van der Waals surface area contributed by atoms with Gasteiger partial charge in [0, 0.05) is 18.4 Å². The Kier molecular flexibility index (Phi) is 11.9. The van der Waals surface area contributed by atoms with Crippen LogP contribution in [-0.4, -0.2) is 38.4 Å². The van der Waals surface area contributed by atoms with Crippen LogP contribution in [0.4, 0.5) is 0 Å². The van der Waals surface area contributed by atoms with Crippen molar-refractivity contribution in [2.75, 3.05) is 6.61 Å². The largest absolute Gasteiger partial charge is 0.376 e. The summed E-state index contributed by atoms with van der Waals surface area (Å²) in [5, 5.41) is 14.6. The number of aromatic nitrogens is 4. The molecule has 1 heterocycles. The molecule has 7 aromatic rings. The Morgan fingerprint density at radius 3 is 1.67 bits per heavy atom. The van der Waals surface area contributed by atoms with Crippen LogP contribution in [0.3, 0.4) is 0 Å². The first-order valence-corrected chi connectivity index (χ1v) is 18.9. The van der Waals surface area contributed by atoms with Gasteiger partial charge in [-0.15, -0.1) is 15.0 Å². The van der Waals surface area contributed by atoms with E-state index in [0.29, 0.717) is 31.7 Å². The third-order valence-corrected chi connectivity index (χ3v) is 10.0. The third kappa shape index (κ3) is 8.27. The maximum absolute atomic E-state index is 13.4. The summed E-state index contributed by atoms with van der Waals surface area (Å²) in [5.74, 6) is -0.293. The molecule has 0 radical (unpaired) electrons. The molecule has 55 heavy (non-hydrogen) atoms. The highest BCUT2D eigenvalue weighted by atomic mass is 16.5. The summed E-state index contributed by atoms with van der Waals surface area (Å²) in [6.07, 6.45) is 1.63. The van der Waals surface area contributed by atoms with Gasteiger partial charge in [0.15, 0.2) is 5.54 Å². The van der Waals surface area contributed by atoms with Crippen LogP contribution in [0.1, 0.15) is 54.0 Å². The topological polar surface area (TPSA) is 87.0 Å². The molecule has 0 aliphatic heterocycles. The third-order valence-electron chi connectivity index (χ3n) is 10.0. The number of hydrogen-bond donors (Lipinski definition) is 0. The van der Waals surface area contributed by atoms with Crippen molar-refractivity contribution >= 4 is 11.6 Å². The number of benzene rings is 6. The molecule has 0 fully saturated rings. The Morgan fingerprint density at radius 2 is 1.11 bits per heavy atom. The van der Waals surface area contributed by atoms with E-state index < -0.39 is 11.5 Å². The van der Waals surface area contributed by atoms with Crippen molar-refractivity contribution in [3.8, 4) is 22.5 Å². The molecule has 7 heteroatoms. The number of tetrazole rings is 1. The zero-order chi connectivity index (χ0) is 37.9. The summed E-state index contributed by atoms with van der Waals surface area (Å²) < 4.78 is 5.78. The number of hydrogen-bond acceptors (Lipinski definition) is 6. The van der Waals surface area contributed by atoms with Crippen molar-refractivity contribution in [1.82, 2.24) is 20.2 Å². The number of carbonyl (C=O) groups excluding carboxylic acids is 2. The lowest BCUT2D eigenvalue weighted by Gasteiger charge is -2.34. The summed E-state index contributed by atoms with van der Waals surface area (Å²) in [6, 6.07) is 56.9. The minimum Gasteiger partial charge on any atom is -0.376 e. The first kappa shape index (κ1) is 37.0. The molecule has 0 N–H and O–H groups in total. The number of Topliss-reactive ketones (excluding diaryl/α,β-unsaturated/α-hetero) is 2. The second-order valence-electron chi connectivity index (χ2n) is 13.7. The summed E-state index contributed by atoms with van der Waals surface area (Å²) >= 11 is 0. The molecule has 7 nitrogen and oxygen atoms in total. The fraction of sp³-hybridized carbons (Fsp3) is 0.188. The smallest absolute Gasteiger partial charge is 0.205 e. The maximum atomic E-state index is 13.4. The fourth-order valence-corrected chi connectivity index (χ4v) is 7.27. The van der Waals surface area contributed by atoms with E-state index in [1.807, 2.05) is 134 Å². The number of rotatable bonds is 17. The van der Waals surface area contributed by atoms with Crippen LogP contribution in [0.5, 0.6) is 0 Å². The van der Waals surface area contributed by atoms with E-state index in [1.54, 1.807) is 4.80 Å². The van der Waals surface area contributed by atoms with Crippen molar-refractivity contribution in [1.29, 1.82) is 0 Å². The van der Waals surface area contributed by atoms with Gasteiger partial charge >= 0.3 is 0 Å². The van der Waals surface area contributed by atoms with E-state index in [1.165, 1.54) is 0 Å². The predicted octanol–water partition coefficient (Wildman–Crippen LogP) is 9.55. The zero-order valence-corrected chi connectivity index (χ0v) is 31.0. The van der Waals surface area contributed by atoms with Gasteiger partial charge in [-0.2, -0.15) is 0 Å². The summed E-state index contributed by atoms with van der Waals surface area (Å²) in [6.45, 7) is 2.68. The molecule has 1 unspecified atom stereocenters. The molecule has 0 aliphatic rings. The van der Waals surface area contributed by atoms with Crippen molar-refractivity contribution in [2.45, 2.75) is 44.8 Å². The van der Waals surface area contributed by atoms with Crippen LogP contribution in [0.2, 0.25) is 0 Å². The quantitative estimate of drug-likeness (QED) is 0.0528. The van der Waals surface area contributed by atoms with Crippen LogP contribution in [0.25, 0.3) is 22.5 Å². The number of nitrogens with zero attached hydrogens (tertiary/aromatic N) is 4. The number of carbonyl (C=O) groups is 2. The van der Waals surface area contributed by atoms with E-state index in [-0.39, 0.29) is 24.6 Å². The molecule has 7 rings (SSSR count). The second-order valence-corrected chi connectivity index (χ2v) is 13.7. The van der Waals surface area contributed by atoms with Crippen LogP contribution in [-0.2, 0) is 32.9 Å². The Labute approximate surface area is 322 Å². The molecule has 0 saturated heterocycles. The van der Waals surface area contributed by atoms with E-state index in [2.05, 4.69) is 42.5 Å². The minimum absolute atomic E-state index is 0.0169. The standard InChI is InChI=1S/C48H44N4O3/c1-2-17-45(53)44(46(54)32-33-55-35-37-18-7-3-8-19-37)34-36-28-30-38(31-29-36)42-26-15-16-27-43(42)47-49-51-52(50-47)48(39-20-9-4-10-21-39,40-22-11-5-12-23-40)41-24-13-6-14-25-41/h3-16,18-31,44H,2,17,32-35H2,1H3. The van der Waals surface area contributed by atoms with Gasteiger partial charge in [-0.1, -0.05) is 177 Å². The zero-order valence-electron chi connectivity index (χ0n) is 31.0. The van der Waals surface area contributed by atoms with E-state index in [4.69, 9.17) is 20.1 Å². The lowest BCUT2D eigenvalue weighted by molar-refractivity contribution is -0.133. The highest BCUT2D eigenvalue weighted by molar-refractivity contribution is 6.02. The second kappa shape index (κ2) is 17.7. The van der Waals surface area contributed by atoms with Gasteiger partial charge in [0.1, 0.15) is 11.6 Å². The first-order valence-electron chi connectivity index (χ1n) is 18.9. The Hall–Kier alpha value is -6.31. The summed E-state index contributed by atoms with van der Waals surface area (Å²) in [5.41, 5.74) is 6.87. The van der Waals surface area contributed by atoms with Gasteiger partial charge in [0.25, 0.3) is 0 Å². The van der Waals surface area contributed by atoms with Crippen LogP contribution in [0, 0.1) is 5.92 Å². The average Bonchev–Trinajstić information content (AvgIpc) is 3.74. The Bertz CT molecular complexity index is 2190. The summed E-state index contributed by atoms with van der Waals surface area (Å²) in [7, 11) is 0.